The number of hydrogen-bond donors (Lipinski definition) is 1. The van der Waals surface area contributed by atoms with Crippen LogP contribution in [0.3, 0.4) is 0 Å². The molecular weight excluding hydrogens is 240 g/mol. The van der Waals surface area contributed by atoms with Gasteiger partial charge in [0.25, 0.3) is 0 Å². The smallest absolute Gasteiger partial charge is 0.119 e. The maximum atomic E-state index is 5.79. The van der Waals surface area contributed by atoms with Gasteiger partial charge in [0.1, 0.15) is 18.1 Å². The Labute approximate surface area is 115 Å². The van der Waals surface area contributed by atoms with E-state index < -0.39 is 0 Å². The van der Waals surface area contributed by atoms with Crippen molar-refractivity contribution in [1.82, 2.24) is 4.90 Å². The zero-order valence-electron chi connectivity index (χ0n) is 11.8. The van der Waals surface area contributed by atoms with Crippen molar-refractivity contribution in [2.75, 3.05) is 33.9 Å². The van der Waals surface area contributed by atoms with E-state index in [1.54, 1.807) is 7.11 Å². The molecule has 106 valence electrons. The van der Waals surface area contributed by atoms with Gasteiger partial charge in [-0.1, -0.05) is 0 Å². The molecule has 1 saturated carbocycles. The van der Waals surface area contributed by atoms with Gasteiger partial charge in [-0.05, 0) is 50.1 Å². The summed E-state index contributed by atoms with van der Waals surface area (Å²) in [6, 6.07) is 8.13. The molecule has 1 aromatic rings. The van der Waals surface area contributed by atoms with Crippen LogP contribution in [-0.4, -0.2) is 44.8 Å². The van der Waals surface area contributed by atoms with Gasteiger partial charge in [0.2, 0.25) is 0 Å². The first-order chi connectivity index (χ1) is 9.17. The zero-order valence-corrected chi connectivity index (χ0v) is 11.8. The van der Waals surface area contributed by atoms with E-state index in [1.165, 1.54) is 12.8 Å². The summed E-state index contributed by atoms with van der Waals surface area (Å²) in [5.41, 5.74) is 5.79. The molecule has 19 heavy (non-hydrogen) atoms. The Morgan fingerprint density at radius 1 is 1.21 bits per heavy atom. The summed E-state index contributed by atoms with van der Waals surface area (Å²) in [7, 11) is 3.80. The van der Waals surface area contributed by atoms with Crippen LogP contribution in [-0.2, 0) is 0 Å². The van der Waals surface area contributed by atoms with Crippen molar-refractivity contribution in [2.45, 2.75) is 18.9 Å². The van der Waals surface area contributed by atoms with Crippen molar-refractivity contribution >= 4 is 0 Å². The number of nitrogens with two attached hydrogens (primary N) is 1. The van der Waals surface area contributed by atoms with Crippen LogP contribution in [0.25, 0.3) is 0 Å². The molecule has 1 aliphatic rings. The van der Waals surface area contributed by atoms with Gasteiger partial charge >= 0.3 is 0 Å². The summed E-state index contributed by atoms with van der Waals surface area (Å²) in [4.78, 5) is 2.32. The standard InChI is InChI=1S/C15H24N2O2/c1-17(11-12-9-13(16)10-12)7-8-19-15-5-3-14(18-2)4-6-15/h3-6,12-13H,7-11,16H2,1-2H3. The van der Waals surface area contributed by atoms with Crippen LogP contribution >= 0.6 is 0 Å². The van der Waals surface area contributed by atoms with Crippen molar-refractivity contribution in [1.29, 1.82) is 0 Å². The Hall–Kier alpha value is -1.26. The van der Waals surface area contributed by atoms with Crippen LogP contribution in [0.1, 0.15) is 12.8 Å². The number of ether oxygens (including phenoxy) is 2. The average Bonchev–Trinajstić information content (AvgIpc) is 2.38. The lowest BCUT2D eigenvalue weighted by Crippen LogP contribution is -2.42. The van der Waals surface area contributed by atoms with E-state index in [1.807, 2.05) is 24.3 Å². The summed E-state index contributed by atoms with van der Waals surface area (Å²) < 4.78 is 10.8. The highest BCUT2D eigenvalue weighted by Crippen LogP contribution is 2.25. The molecule has 0 radical (unpaired) electrons. The molecule has 0 unspecified atom stereocenters. The Kier molecular flexibility index (Phi) is 5.05. The van der Waals surface area contributed by atoms with Crippen molar-refractivity contribution in [3.63, 3.8) is 0 Å². The lowest BCUT2D eigenvalue weighted by molar-refractivity contribution is 0.162. The third-order valence-electron chi connectivity index (χ3n) is 3.64. The number of likely N-dealkylation sites (N-methyl/N-ethyl adjacent to an activating group) is 1. The minimum Gasteiger partial charge on any atom is -0.497 e. The third kappa shape index (κ3) is 4.40. The van der Waals surface area contributed by atoms with Crippen molar-refractivity contribution in [3.8, 4) is 11.5 Å². The first-order valence-electron chi connectivity index (χ1n) is 6.88. The Balaban J connectivity index is 1.62. The first kappa shape index (κ1) is 14.2. The van der Waals surface area contributed by atoms with Gasteiger partial charge in [-0.3, -0.25) is 0 Å². The van der Waals surface area contributed by atoms with E-state index >= 15 is 0 Å². The van der Waals surface area contributed by atoms with E-state index in [9.17, 15) is 0 Å². The summed E-state index contributed by atoms with van der Waals surface area (Å²) in [5.74, 6) is 2.52. The fraction of sp³-hybridized carbons (Fsp3) is 0.600. The molecule has 0 saturated heterocycles. The Bertz CT molecular complexity index is 374. The normalized spacial score (nSPS) is 22.1. The number of rotatable bonds is 7. The molecule has 1 fully saturated rings. The van der Waals surface area contributed by atoms with Crippen molar-refractivity contribution in [2.24, 2.45) is 11.7 Å². The highest BCUT2D eigenvalue weighted by Gasteiger charge is 2.26. The Morgan fingerprint density at radius 3 is 2.42 bits per heavy atom. The number of nitrogens with zero attached hydrogens (tertiary/aromatic N) is 1. The molecule has 1 aliphatic carbocycles. The second-order valence-corrected chi connectivity index (χ2v) is 5.38. The van der Waals surface area contributed by atoms with Gasteiger partial charge in [-0.25, -0.2) is 0 Å². The van der Waals surface area contributed by atoms with E-state index in [-0.39, 0.29) is 0 Å². The Morgan fingerprint density at radius 2 is 1.84 bits per heavy atom. The van der Waals surface area contributed by atoms with Crippen LogP contribution in [0.4, 0.5) is 0 Å². The molecular formula is C15H24N2O2. The molecule has 0 bridgehead atoms. The average molecular weight is 264 g/mol. The fourth-order valence-electron chi connectivity index (χ4n) is 2.46. The van der Waals surface area contributed by atoms with Crippen molar-refractivity contribution < 1.29 is 9.47 Å². The van der Waals surface area contributed by atoms with Gasteiger partial charge in [-0.15, -0.1) is 0 Å². The predicted molar refractivity (Wildman–Crippen MR) is 76.7 cm³/mol. The molecule has 2 rings (SSSR count). The minimum atomic E-state index is 0.439. The van der Waals surface area contributed by atoms with Crippen LogP contribution in [0.5, 0.6) is 11.5 Å². The molecule has 0 heterocycles. The van der Waals surface area contributed by atoms with Gasteiger partial charge < -0.3 is 20.1 Å². The maximum Gasteiger partial charge on any atom is 0.119 e. The highest BCUT2D eigenvalue weighted by atomic mass is 16.5. The van der Waals surface area contributed by atoms with Crippen molar-refractivity contribution in [3.05, 3.63) is 24.3 Å². The molecule has 1 aromatic carbocycles. The van der Waals surface area contributed by atoms with Crippen LogP contribution in [0.15, 0.2) is 24.3 Å². The van der Waals surface area contributed by atoms with Gasteiger partial charge in [0, 0.05) is 19.1 Å². The number of methoxy groups -OCH3 is 1. The van der Waals surface area contributed by atoms with Crippen LogP contribution < -0.4 is 15.2 Å². The van der Waals surface area contributed by atoms with Gasteiger partial charge in [0.05, 0.1) is 7.11 Å². The van der Waals surface area contributed by atoms with Crippen LogP contribution in [0.2, 0.25) is 0 Å². The SMILES string of the molecule is COc1ccc(OCCN(C)CC2CC(N)C2)cc1. The largest absolute Gasteiger partial charge is 0.497 e. The van der Waals surface area contributed by atoms with Gasteiger partial charge in [0.15, 0.2) is 0 Å². The summed E-state index contributed by atoms with van der Waals surface area (Å²) in [5, 5.41) is 0. The quantitative estimate of drug-likeness (QED) is 0.815. The van der Waals surface area contributed by atoms with Gasteiger partial charge in [-0.2, -0.15) is 0 Å². The molecule has 2 N–H and O–H groups in total. The fourth-order valence-corrected chi connectivity index (χ4v) is 2.46. The molecule has 4 heteroatoms. The molecule has 4 nitrogen and oxygen atoms in total. The molecule has 0 aliphatic heterocycles. The van der Waals surface area contributed by atoms with E-state index in [4.69, 9.17) is 15.2 Å². The lowest BCUT2D eigenvalue weighted by atomic mass is 9.81. The molecule has 0 amide bonds. The predicted octanol–water partition coefficient (Wildman–Crippen LogP) is 1.74. The minimum absolute atomic E-state index is 0.439. The number of benzene rings is 1. The van der Waals surface area contributed by atoms with E-state index in [0.29, 0.717) is 12.6 Å². The summed E-state index contributed by atoms with van der Waals surface area (Å²) in [6.45, 7) is 2.78. The summed E-state index contributed by atoms with van der Waals surface area (Å²) >= 11 is 0. The second kappa shape index (κ2) is 6.78. The molecule has 0 aromatic heterocycles. The number of hydrogen-bond acceptors (Lipinski definition) is 4. The molecule has 0 spiro atoms. The topological polar surface area (TPSA) is 47.7 Å². The monoisotopic (exact) mass is 264 g/mol. The lowest BCUT2D eigenvalue weighted by Gasteiger charge is -2.35. The maximum absolute atomic E-state index is 5.79. The second-order valence-electron chi connectivity index (χ2n) is 5.38. The molecule has 0 atom stereocenters. The van der Waals surface area contributed by atoms with E-state index in [2.05, 4.69) is 11.9 Å². The first-order valence-corrected chi connectivity index (χ1v) is 6.88. The van der Waals surface area contributed by atoms with Crippen LogP contribution in [0, 0.1) is 5.92 Å². The van der Waals surface area contributed by atoms with E-state index in [0.717, 1.165) is 30.5 Å². The zero-order chi connectivity index (χ0) is 13.7. The summed E-state index contributed by atoms with van der Waals surface area (Å²) in [6.07, 6.45) is 2.34. The highest BCUT2D eigenvalue weighted by molar-refractivity contribution is 5.31. The third-order valence-corrected chi connectivity index (χ3v) is 3.64.